The van der Waals surface area contributed by atoms with Crippen LogP contribution in [0.3, 0.4) is 0 Å². The van der Waals surface area contributed by atoms with Crippen LogP contribution in [0.5, 0.6) is 11.5 Å². The third-order valence-electron chi connectivity index (χ3n) is 3.24. The second-order valence-electron chi connectivity index (χ2n) is 5.19. The van der Waals surface area contributed by atoms with Gasteiger partial charge in [-0.25, -0.2) is 0 Å². The van der Waals surface area contributed by atoms with Gasteiger partial charge in [-0.3, -0.25) is 9.97 Å². The Morgan fingerprint density at radius 3 is 1.59 bits per heavy atom. The molecule has 2 aromatic rings. The molecule has 4 N–H and O–H groups in total. The molecule has 2 heterocycles. The Bertz CT molecular complexity index is 576. The molecular formula is C16H22N4O2. The van der Waals surface area contributed by atoms with Crippen molar-refractivity contribution in [2.75, 3.05) is 13.1 Å². The molecule has 0 aromatic carbocycles. The Balaban J connectivity index is 1.69. The van der Waals surface area contributed by atoms with Crippen LogP contribution in [0.1, 0.15) is 22.8 Å². The zero-order chi connectivity index (χ0) is 15.9. The summed E-state index contributed by atoms with van der Waals surface area (Å²) in [6, 6.07) is 6.87. The van der Waals surface area contributed by atoms with Crippen LogP contribution in [-0.2, 0) is 13.1 Å². The fourth-order valence-corrected chi connectivity index (χ4v) is 2.06. The van der Waals surface area contributed by atoms with Gasteiger partial charge in [0, 0.05) is 37.6 Å². The second kappa shape index (κ2) is 7.72. The quantitative estimate of drug-likeness (QED) is 0.578. The topological polar surface area (TPSA) is 90.3 Å². The molecule has 0 aliphatic heterocycles. The van der Waals surface area contributed by atoms with Gasteiger partial charge in [-0.05, 0) is 38.1 Å². The van der Waals surface area contributed by atoms with Gasteiger partial charge in [0.2, 0.25) is 0 Å². The zero-order valence-corrected chi connectivity index (χ0v) is 12.9. The lowest BCUT2D eigenvalue weighted by molar-refractivity contribution is 0.455. The average molecular weight is 302 g/mol. The van der Waals surface area contributed by atoms with Crippen LogP contribution in [0, 0.1) is 13.8 Å². The van der Waals surface area contributed by atoms with Gasteiger partial charge in [0.25, 0.3) is 0 Å². The SMILES string of the molecule is Cc1ccc(O)c(CNCCNCc2nc(C)ccc2O)n1. The van der Waals surface area contributed by atoms with E-state index in [0.717, 1.165) is 24.5 Å². The first-order valence-electron chi connectivity index (χ1n) is 7.28. The van der Waals surface area contributed by atoms with Gasteiger partial charge < -0.3 is 20.8 Å². The number of rotatable bonds is 7. The molecule has 22 heavy (non-hydrogen) atoms. The summed E-state index contributed by atoms with van der Waals surface area (Å²) >= 11 is 0. The Morgan fingerprint density at radius 2 is 1.18 bits per heavy atom. The van der Waals surface area contributed by atoms with Crippen LogP contribution in [0.4, 0.5) is 0 Å². The summed E-state index contributed by atoms with van der Waals surface area (Å²) in [6.45, 7) is 6.27. The van der Waals surface area contributed by atoms with Crippen molar-refractivity contribution in [2.45, 2.75) is 26.9 Å². The molecule has 0 amide bonds. The fraction of sp³-hybridized carbons (Fsp3) is 0.375. The fourth-order valence-electron chi connectivity index (χ4n) is 2.06. The molecule has 0 spiro atoms. The minimum atomic E-state index is 0.208. The first-order valence-corrected chi connectivity index (χ1v) is 7.28. The molecule has 0 bridgehead atoms. The molecule has 0 aliphatic carbocycles. The summed E-state index contributed by atoms with van der Waals surface area (Å²) in [5.41, 5.74) is 3.07. The van der Waals surface area contributed by atoms with Crippen molar-refractivity contribution in [2.24, 2.45) is 0 Å². The predicted molar refractivity (Wildman–Crippen MR) is 84.7 cm³/mol. The Morgan fingerprint density at radius 1 is 0.773 bits per heavy atom. The van der Waals surface area contributed by atoms with Gasteiger partial charge in [0.1, 0.15) is 11.5 Å². The Hall–Kier alpha value is -2.18. The first-order chi connectivity index (χ1) is 10.6. The molecule has 6 nitrogen and oxygen atoms in total. The van der Waals surface area contributed by atoms with Gasteiger partial charge in [-0.1, -0.05) is 0 Å². The lowest BCUT2D eigenvalue weighted by Gasteiger charge is -2.09. The molecular weight excluding hydrogens is 280 g/mol. The molecule has 118 valence electrons. The van der Waals surface area contributed by atoms with Crippen molar-refractivity contribution in [3.63, 3.8) is 0 Å². The molecule has 0 atom stereocenters. The molecule has 0 saturated heterocycles. The van der Waals surface area contributed by atoms with E-state index in [-0.39, 0.29) is 11.5 Å². The van der Waals surface area contributed by atoms with E-state index in [1.807, 2.05) is 13.8 Å². The highest BCUT2D eigenvalue weighted by atomic mass is 16.3. The van der Waals surface area contributed by atoms with Gasteiger partial charge in [-0.15, -0.1) is 0 Å². The Kier molecular flexibility index (Phi) is 5.68. The van der Waals surface area contributed by atoms with E-state index in [1.165, 1.54) is 0 Å². The maximum Gasteiger partial charge on any atom is 0.138 e. The number of nitrogens with one attached hydrogen (secondary N) is 2. The number of nitrogens with zero attached hydrogens (tertiary/aromatic N) is 2. The van der Waals surface area contributed by atoms with E-state index < -0.39 is 0 Å². The number of aryl methyl sites for hydroxylation is 2. The largest absolute Gasteiger partial charge is 0.506 e. The molecule has 0 saturated carbocycles. The number of hydrogen-bond acceptors (Lipinski definition) is 6. The third-order valence-corrected chi connectivity index (χ3v) is 3.24. The normalized spacial score (nSPS) is 10.8. The third kappa shape index (κ3) is 4.68. The van der Waals surface area contributed by atoms with Crippen molar-refractivity contribution >= 4 is 0 Å². The van der Waals surface area contributed by atoms with Crippen LogP contribution >= 0.6 is 0 Å². The summed E-state index contributed by atoms with van der Waals surface area (Å²) in [5.74, 6) is 0.417. The minimum Gasteiger partial charge on any atom is -0.506 e. The van der Waals surface area contributed by atoms with Crippen molar-refractivity contribution in [1.82, 2.24) is 20.6 Å². The van der Waals surface area contributed by atoms with Crippen LogP contribution in [-0.4, -0.2) is 33.3 Å². The van der Waals surface area contributed by atoms with Crippen LogP contribution in [0.2, 0.25) is 0 Å². The number of pyridine rings is 2. The summed E-state index contributed by atoms with van der Waals surface area (Å²) in [5, 5.41) is 25.8. The van der Waals surface area contributed by atoms with Crippen LogP contribution in [0.15, 0.2) is 24.3 Å². The second-order valence-corrected chi connectivity index (χ2v) is 5.19. The van der Waals surface area contributed by atoms with Gasteiger partial charge in [0.15, 0.2) is 0 Å². The van der Waals surface area contributed by atoms with E-state index in [2.05, 4.69) is 20.6 Å². The Labute approximate surface area is 130 Å². The van der Waals surface area contributed by atoms with Crippen molar-refractivity contribution in [1.29, 1.82) is 0 Å². The lowest BCUT2D eigenvalue weighted by atomic mass is 10.3. The molecule has 0 unspecified atom stereocenters. The van der Waals surface area contributed by atoms with Crippen LogP contribution < -0.4 is 10.6 Å². The standard InChI is InChI=1S/C16H22N4O2/c1-11-3-5-15(21)13(19-11)9-17-7-8-18-10-14-16(22)6-4-12(2)20-14/h3-6,17-18,21-22H,7-10H2,1-2H3. The summed E-state index contributed by atoms with van der Waals surface area (Å²) in [4.78, 5) is 8.57. The first kappa shape index (κ1) is 16.2. The van der Waals surface area contributed by atoms with Crippen molar-refractivity contribution in [3.8, 4) is 11.5 Å². The highest BCUT2D eigenvalue weighted by Gasteiger charge is 2.04. The molecule has 2 rings (SSSR count). The summed E-state index contributed by atoms with van der Waals surface area (Å²) in [7, 11) is 0. The van der Waals surface area contributed by atoms with Crippen LogP contribution in [0.25, 0.3) is 0 Å². The summed E-state index contributed by atoms with van der Waals surface area (Å²) < 4.78 is 0. The summed E-state index contributed by atoms with van der Waals surface area (Å²) in [6.07, 6.45) is 0. The highest BCUT2D eigenvalue weighted by molar-refractivity contribution is 5.28. The minimum absolute atomic E-state index is 0.208. The van der Waals surface area contributed by atoms with Crippen molar-refractivity contribution < 1.29 is 10.2 Å². The van der Waals surface area contributed by atoms with E-state index >= 15 is 0 Å². The zero-order valence-electron chi connectivity index (χ0n) is 12.9. The monoisotopic (exact) mass is 302 g/mol. The molecule has 2 aromatic heterocycles. The van der Waals surface area contributed by atoms with E-state index in [4.69, 9.17) is 0 Å². The molecule has 0 aliphatic rings. The lowest BCUT2D eigenvalue weighted by Crippen LogP contribution is -2.27. The molecule has 6 heteroatoms. The number of aromatic nitrogens is 2. The van der Waals surface area contributed by atoms with Gasteiger partial charge in [0.05, 0.1) is 11.4 Å². The van der Waals surface area contributed by atoms with Crippen molar-refractivity contribution in [3.05, 3.63) is 47.0 Å². The highest BCUT2D eigenvalue weighted by Crippen LogP contribution is 2.14. The average Bonchev–Trinajstić information content (AvgIpc) is 2.49. The maximum absolute atomic E-state index is 9.69. The number of aromatic hydroxyl groups is 2. The van der Waals surface area contributed by atoms with E-state index in [0.29, 0.717) is 24.5 Å². The van der Waals surface area contributed by atoms with E-state index in [1.54, 1.807) is 24.3 Å². The smallest absolute Gasteiger partial charge is 0.138 e. The van der Waals surface area contributed by atoms with Gasteiger partial charge >= 0.3 is 0 Å². The number of hydrogen-bond donors (Lipinski definition) is 4. The van der Waals surface area contributed by atoms with E-state index in [9.17, 15) is 10.2 Å². The van der Waals surface area contributed by atoms with Gasteiger partial charge in [-0.2, -0.15) is 0 Å². The predicted octanol–water partition coefficient (Wildman–Crippen LogP) is 1.38. The maximum atomic E-state index is 9.69. The molecule has 0 radical (unpaired) electrons. The molecule has 0 fully saturated rings.